The Bertz CT molecular complexity index is 648. The van der Waals surface area contributed by atoms with E-state index in [-0.39, 0.29) is 11.4 Å². The van der Waals surface area contributed by atoms with Gasteiger partial charge in [-0.25, -0.2) is 4.39 Å². The van der Waals surface area contributed by atoms with Gasteiger partial charge >= 0.3 is 0 Å². The van der Waals surface area contributed by atoms with Crippen LogP contribution in [0.2, 0.25) is 0 Å². The van der Waals surface area contributed by atoms with Crippen LogP contribution < -0.4 is 4.90 Å². The van der Waals surface area contributed by atoms with E-state index in [0.29, 0.717) is 18.6 Å². The van der Waals surface area contributed by atoms with Crippen LogP contribution in [0, 0.1) is 5.82 Å². The standard InChI is InChI=1S/C16H20FN3OS/c1-3-16(2)11-20(8-9-21-16)15-19-18-14(22-15)10-12-6-4-5-7-13(12)17/h4-7H,3,8-11H2,1-2H3. The number of benzene rings is 1. The Morgan fingerprint density at radius 2 is 2.18 bits per heavy atom. The average Bonchev–Trinajstić information content (AvgIpc) is 2.98. The molecular weight excluding hydrogens is 301 g/mol. The molecule has 1 atom stereocenters. The lowest BCUT2D eigenvalue weighted by Crippen LogP contribution is -2.49. The number of morpholine rings is 1. The van der Waals surface area contributed by atoms with Gasteiger partial charge in [0.25, 0.3) is 0 Å². The van der Waals surface area contributed by atoms with Gasteiger partial charge in [-0.1, -0.05) is 36.5 Å². The first-order valence-electron chi connectivity index (χ1n) is 7.54. The minimum Gasteiger partial charge on any atom is -0.372 e. The lowest BCUT2D eigenvalue weighted by molar-refractivity contribution is -0.0441. The molecule has 118 valence electrons. The highest BCUT2D eigenvalue weighted by atomic mass is 32.1. The highest BCUT2D eigenvalue weighted by Gasteiger charge is 2.31. The van der Waals surface area contributed by atoms with Gasteiger partial charge in [-0.3, -0.25) is 0 Å². The molecule has 0 amide bonds. The minimum atomic E-state index is -0.191. The first-order chi connectivity index (χ1) is 10.6. The molecule has 1 unspecified atom stereocenters. The summed E-state index contributed by atoms with van der Waals surface area (Å²) in [5.74, 6) is -0.191. The fourth-order valence-electron chi connectivity index (χ4n) is 2.56. The van der Waals surface area contributed by atoms with Crippen molar-refractivity contribution in [2.45, 2.75) is 32.3 Å². The van der Waals surface area contributed by atoms with E-state index >= 15 is 0 Å². The molecule has 1 fully saturated rings. The van der Waals surface area contributed by atoms with Crippen LogP contribution in [-0.4, -0.2) is 35.5 Å². The molecule has 1 aliphatic heterocycles. The number of hydrogen-bond acceptors (Lipinski definition) is 5. The van der Waals surface area contributed by atoms with Crippen LogP contribution in [0.5, 0.6) is 0 Å². The van der Waals surface area contributed by atoms with E-state index in [4.69, 9.17) is 4.74 Å². The van der Waals surface area contributed by atoms with Gasteiger partial charge in [0.15, 0.2) is 0 Å². The van der Waals surface area contributed by atoms with Crippen LogP contribution in [-0.2, 0) is 11.2 Å². The summed E-state index contributed by atoms with van der Waals surface area (Å²) in [6.07, 6.45) is 1.45. The van der Waals surface area contributed by atoms with E-state index in [2.05, 4.69) is 28.9 Å². The molecule has 0 radical (unpaired) electrons. The van der Waals surface area contributed by atoms with Crippen LogP contribution >= 0.6 is 11.3 Å². The molecular formula is C16H20FN3OS. The van der Waals surface area contributed by atoms with Crippen LogP contribution in [0.3, 0.4) is 0 Å². The molecule has 0 bridgehead atoms. The van der Waals surface area contributed by atoms with Crippen molar-refractivity contribution < 1.29 is 9.13 Å². The number of nitrogens with zero attached hydrogens (tertiary/aromatic N) is 3. The number of rotatable bonds is 4. The minimum absolute atomic E-state index is 0.129. The van der Waals surface area contributed by atoms with Gasteiger partial charge in [0.1, 0.15) is 10.8 Å². The summed E-state index contributed by atoms with van der Waals surface area (Å²) in [6, 6.07) is 6.81. The Kier molecular flexibility index (Phi) is 4.40. The third-order valence-corrected chi connectivity index (χ3v) is 5.10. The zero-order valence-electron chi connectivity index (χ0n) is 12.9. The molecule has 0 spiro atoms. The predicted octanol–water partition coefficient (Wildman–Crippen LogP) is 3.27. The van der Waals surface area contributed by atoms with E-state index in [1.807, 2.05) is 6.07 Å². The first-order valence-corrected chi connectivity index (χ1v) is 8.36. The monoisotopic (exact) mass is 321 g/mol. The van der Waals surface area contributed by atoms with Crippen molar-refractivity contribution >= 4 is 16.5 Å². The Balaban J connectivity index is 1.72. The third kappa shape index (κ3) is 3.28. The predicted molar refractivity (Wildman–Crippen MR) is 86.0 cm³/mol. The first kappa shape index (κ1) is 15.4. The van der Waals surface area contributed by atoms with Crippen LogP contribution in [0.4, 0.5) is 9.52 Å². The molecule has 1 aromatic carbocycles. The maximum absolute atomic E-state index is 13.7. The topological polar surface area (TPSA) is 38.2 Å². The normalized spacial score (nSPS) is 22.0. The number of aromatic nitrogens is 2. The van der Waals surface area contributed by atoms with Gasteiger partial charge < -0.3 is 9.64 Å². The summed E-state index contributed by atoms with van der Waals surface area (Å²) in [7, 11) is 0. The molecule has 2 heterocycles. The fourth-order valence-corrected chi connectivity index (χ4v) is 3.44. The van der Waals surface area contributed by atoms with Crippen molar-refractivity contribution in [3.8, 4) is 0 Å². The molecule has 2 aromatic rings. The highest BCUT2D eigenvalue weighted by molar-refractivity contribution is 7.15. The number of hydrogen-bond donors (Lipinski definition) is 0. The highest BCUT2D eigenvalue weighted by Crippen LogP contribution is 2.28. The SMILES string of the molecule is CCC1(C)CN(c2nnc(Cc3ccccc3F)s2)CCO1. The van der Waals surface area contributed by atoms with Gasteiger partial charge in [-0.15, -0.1) is 10.2 Å². The molecule has 1 aliphatic rings. The van der Waals surface area contributed by atoms with Crippen molar-refractivity contribution in [3.63, 3.8) is 0 Å². The smallest absolute Gasteiger partial charge is 0.208 e. The van der Waals surface area contributed by atoms with Crippen molar-refractivity contribution in [1.29, 1.82) is 0 Å². The lowest BCUT2D eigenvalue weighted by atomic mass is 10.0. The van der Waals surface area contributed by atoms with Gasteiger partial charge in [-0.05, 0) is 25.0 Å². The zero-order chi connectivity index (χ0) is 15.6. The summed E-state index contributed by atoms with van der Waals surface area (Å²) < 4.78 is 19.6. The van der Waals surface area contributed by atoms with Gasteiger partial charge in [-0.2, -0.15) is 0 Å². The number of halogens is 1. The third-order valence-electron chi connectivity index (χ3n) is 4.11. The quantitative estimate of drug-likeness (QED) is 0.866. The van der Waals surface area contributed by atoms with Crippen molar-refractivity contribution in [1.82, 2.24) is 10.2 Å². The summed E-state index contributed by atoms with van der Waals surface area (Å²) in [5, 5.41) is 10.2. The molecule has 3 rings (SSSR count). The summed E-state index contributed by atoms with van der Waals surface area (Å²) >= 11 is 1.54. The zero-order valence-corrected chi connectivity index (χ0v) is 13.7. The van der Waals surface area contributed by atoms with E-state index in [1.165, 1.54) is 17.4 Å². The molecule has 4 nitrogen and oxygen atoms in total. The molecule has 1 aromatic heterocycles. The summed E-state index contributed by atoms with van der Waals surface area (Å²) in [6.45, 7) is 6.60. The van der Waals surface area contributed by atoms with E-state index in [9.17, 15) is 4.39 Å². The van der Waals surface area contributed by atoms with E-state index < -0.39 is 0 Å². The molecule has 1 saturated heterocycles. The summed E-state index contributed by atoms with van der Waals surface area (Å²) in [5.41, 5.74) is 0.529. The molecule has 0 N–H and O–H groups in total. The van der Waals surface area contributed by atoms with Gasteiger partial charge in [0.05, 0.1) is 12.2 Å². The van der Waals surface area contributed by atoms with Crippen molar-refractivity contribution in [2.75, 3.05) is 24.6 Å². The van der Waals surface area contributed by atoms with Crippen LogP contribution in [0.15, 0.2) is 24.3 Å². The Hall–Kier alpha value is -1.53. The van der Waals surface area contributed by atoms with E-state index in [1.54, 1.807) is 12.1 Å². The number of ether oxygens (including phenoxy) is 1. The van der Waals surface area contributed by atoms with Crippen LogP contribution in [0.25, 0.3) is 0 Å². The second-order valence-corrected chi connectivity index (χ2v) is 6.86. The second-order valence-electron chi connectivity index (χ2n) is 5.82. The maximum atomic E-state index is 13.7. The van der Waals surface area contributed by atoms with Crippen molar-refractivity contribution in [3.05, 3.63) is 40.7 Å². The van der Waals surface area contributed by atoms with Crippen molar-refractivity contribution in [2.24, 2.45) is 0 Å². The maximum Gasteiger partial charge on any atom is 0.208 e. The van der Waals surface area contributed by atoms with Crippen LogP contribution in [0.1, 0.15) is 30.8 Å². The fraction of sp³-hybridized carbons (Fsp3) is 0.500. The Morgan fingerprint density at radius 1 is 1.36 bits per heavy atom. The van der Waals surface area contributed by atoms with Gasteiger partial charge in [0, 0.05) is 19.5 Å². The number of anilines is 1. The molecule has 6 heteroatoms. The Morgan fingerprint density at radius 3 is 2.95 bits per heavy atom. The molecule has 0 saturated carbocycles. The largest absolute Gasteiger partial charge is 0.372 e. The lowest BCUT2D eigenvalue weighted by Gasteiger charge is -2.39. The second kappa shape index (κ2) is 6.30. The Labute approximate surface area is 133 Å². The average molecular weight is 321 g/mol. The molecule has 22 heavy (non-hydrogen) atoms. The summed E-state index contributed by atoms with van der Waals surface area (Å²) in [4.78, 5) is 2.22. The van der Waals surface area contributed by atoms with Gasteiger partial charge in [0.2, 0.25) is 5.13 Å². The molecule has 0 aliphatic carbocycles. The van der Waals surface area contributed by atoms with E-state index in [0.717, 1.165) is 29.6 Å².